The highest BCUT2D eigenvalue weighted by molar-refractivity contribution is 6.31. The maximum Gasteiger partial charge on any atom is 0.471 e. The van der Waals surface area contributed by atoms with Gasteiger partial charge in [0.25, 0.3) is 5.91 Å². The largest absolute Gasteiger partial charge is 0.484 e. The fourth-order valence-corrected chi connectivity index (χ4v) is 3.27. The van der Waals surface area contributed by atoms with Crippen LogP contribution in [0.25, 0.3) is 0 Å². The van der Waals surface area contributed by atoms with Crippen LogP contribution in [0.5, 0.6) is 5.75 Å². The lowest BCUT2D eigenvalue weighted by atomic mass is 10.2. The zero-order valence-electron chi connectivity index (χ0n) is 16.7. The number of alkyl halides is 3. The van der Waals surface area contributed by atoms with Gasteiger partial charge in [0, 0.05) is 42.6 Å². The van der Waals surface area contributed by atoms with Gasteiger partial charge in [0.05, 0.1) is 0 Å². The highest BCUT2D eigenvalue weighted by Crippen LogP contribution is 2.23. The third-order valence-electron chi connectivity index (χ3n) is 4.82. The van der Waals surface area contributed by atoms with Gasteiger partial charge in [0.1, 0.15) is 5.75 Å². The summed E-state index contributed by atoms with van der Waals surface area (Å²) >= 11 is 5.96. The van der Waals surface area contributed by atoms with Crippen molar-refractivity contribution in [3.05, 3.63) is 53.1 Å². The summed E-state index contributed by atoms with van der Waals surface area (Å²) in [5.41, 5.74) is 2.21. The Labute approximate surface area is 182 Å². The summed E-state index contributed by atoms with van der Waals surface area (Å²) in [6, 6.07) is 12.0. The molecule has 0 radical (unpaired) electrons. The van der Waals surface area contributed by atoms with Crippen LogP contribution in [0.4, 0.5) is 24.5 Å². The average molecular weight is 456 g/mol. The number of hydrogen-bond acceptors (Lipinski definition) is 4. The first-order chi connectivity index (χ1) is 14.6. The molecule has 2 aromatic carbocycles. The molecule has 6 nitrogen and oxygen atoms in total. The lowest BCUT2D eigenvalue weighted by Crippen LogP contribution is -2.52. The fraction of sp³-hybridized carbons (Fsp3) is 0.333. The lowest BCUT2D eigenvalue weighted by Gasteiger charge is -2.36. The quantitative estimate of drug-likeness (QED) is 0.743. The zero-order chi connectivity index (χ0) is 22.6. The summed E-state index contributed by atoms with van der Waals surface area (Å²) in [5.74, 6) is -1.60. The van der Waals surface area contributed by atoms with Gasteiger partial charge in [-0.3, -0.25) is 9.59 Å². The van der Waals surface area contributed by atoms with Gasteiger partial charge in [0.2, 0.25) is 0 Å². The van der Waals surface area contributed by atoms with Crippen molar-refractivity contribution in [3.8, 4) is 5.75 Å². The van der Waals surface area contributed by atoms with Crippen LogP contribution < -0.4 is 15.0 Å². The maximum absolute atomic E-state index is 12.5. The molecule has 1 aliphatic heterocycles. The van der Waals surface area contributed by atoms with E-state index in [0.717, 1.165) is 16.2 Å². The van der Waals surface area contributed by atoms with Crippen molar-refractivity contribution in [1.82, 2.24) is 4.90 Å². The van der Waals surface area contributed by atoms with E-state index in [-0.39, 0.29) is 25.6 Å². The molecule has 0 aromatic heterocycles. The molecular weight excluding hydrogens is 435 g/mol. The Hall–Kier alpha value is -2.94. The van der Waals surface area contributed by atoms with E-state index in [2.05, 4.69) is 5.32 Å². The molecule has 166 valence electrons. The van der Waals surface area contributed by atoms with E-state index < -0.39 is 12.1 Å². The minimum Gasteiger partial charge on any atom is -0.484 e. The van der Waals surface area contributed by atoms with Gasteiger partial charge in [-0.2, -0.15) is 13.2 Å². The van der Waals surface area contributed by atoms with E-state index in [9.17, 15) is 22.8 Å². The smallest absolute Gasteiger partial charge is 0.471 e. The Kier molecular flexibility index (Phi) is 6.94. The van der Waals surface area contributed by atoms with Crippen molar-refractivity contribution in [3.63, 3.8) is 0 Å². The molecular formula is C21H21ClF3N3O3. The molecule has 31 heavy (non-hydrogen) atoms. The summed E-state index contributed by atoms with van der Waals surface area (Å²) in [7, 11) is 0. The van der Waals surface area contributed by atoms with Crippen molar-refractivity contribution in [2.75, 3.05) is 43.0 Å². The molecule has 3 rings (SSSR count). The number of carbonyl (C=O) groups is 2. The van der Waals surface area contributed by atoms with E-state index >= 15 is 0 Å². The monoisotopic (exact) mass is 455 g/mol. The number of nitrogens with zero attached hydrogens (tertiary/aromatic N) is 2. The first-order valence-electron chi connectivity index (χ1n) is 9.53. The number of nitrogens with one attached hydrogen (secondary N) is 1. The third-order valence-corrected chi connectivity index (χ3v) is 5.25. The van der Waals surface area contributed by atoms with Gasteiger partial charge in [-0.05, 0) is 55.0 Å². The molecule has 1 heterocycles. The van der Waals surface area contributed by atoms with Crippen molar-refractivity contribution < 1.29 is 27.5 Å². The first-order valence-corrected chi connectivity index (χ1v) is 9.91. The highest BCUT2D eigenvalue weighted by Gasteiger charge is 2.43. The average Bonchev–Trinajstić information content (AvgIpc) is 2.74. The Morgan fingerprint density at radius 2 is 1.71 bits per heavy atom. The molecule has 0 spiro atoms. The van der Waals surface area contributed by atoms with Gasteiger partial charge in [-0.25, -0.2) is 0 Å². The Balaban J connectivity index is 1.48. The SMILES string of the molecule is Cc1cc(OCC(=O)Nc2ccc(N3CCN(C(=O)C(F)(F)F)CC3)cc2)ccc1Cl. The number of carbonyl (C=O) groups excluding carboxylic acids is 2. The number of anilines is 2. The molecule has 0 atom stereocenters. The Morgan fingerprint density at radius 1 is 1.06 bits per heavy atom. The maximum atomic E-state index is 12.5. The van der Waals surface area contributed by atoms with Crippen LogP contribution in [0.3, 0.4) is 0 Å². The van der Waals surface area contributed by atoms with Gasteiger partial charge in [0.15, 0.2) is 6.61 Å². The molecule has 0 bridgehead atoms. The standard InChI is InChI=1S/C21H21ClF3N3O3/c1-14-12-17(6-7-18(14)22)31-13-19(29)26-15-2-4-16(5-3-15)27-8-10-28(11-9-27)20(30)21(23,24)25/h2-7,12H,8-11,13H2,1H3,(H,26,29). The van der Waals surface area contributed by atoms with Gasteiger partial charge in [-0.15, -0.1) is 0 Å². The molecule has 2 amide bonds. The van der Waals surface area contributed by atoms with Gasteiger partial charge >= 0.3 is 12.1 Å². The zero-order valence-corrected chi connectivity index (χ0v) is 17.5. The minimum absolute atomic E-state index is 0.00164. The van der Waals surface area contributed by atoms with E-state index in [1.165, 1.54) is 0 Å². The molecule has 0 aliphatic carbocycles. The number of halogens is 4. The van der Waals surface area contributed by atoms with E-state index in [1.807, 2.05) is 11.8 Å². The van der Waals surface area contributed by atoms with E-state index in [4.69, 9.17) is 16.3 Å². The van der Waals surface area contributed by atoms with Crippen LogP contribution in [-0.2, 0) is 9.59 Å². The number of amides is 2. The van der Waals surface area contributed by atoms with Crippen molar-refractivity contribution >= 4 is 34.8 Å². The van der Waals surface area contributed by atoms with Crippen molar-refractivity contribution in [1.29, 1.82) is 0 Å². The molecule has 2 aromatic rings. The number of hydrogen-bond donors (Lipinski definition) is 1. The molecule has 1 fully saturated rings. The van der Waals surface area contributed by atoms with E-state index in [0.29, 0.717) is 29.5 Å². The molecule has 0 saturated carbocycles. The second-order valence-corrected chi connectivity index (χ2v) is 7.48. The fourth-order valence-electron chi connectivity index (χ4n) is 3.16. The predicted molar refractivity (Wildman–Crippen MR) is 112 cm³/mol. The summed E-state index contributed by atoms with van der Waals surface area (Å²) in [4.78, 5) is 26.1. The number of piperazine rings is 1. The molecule has 1 N–H and O–H groups in total. The van der Waals surface area contributed by atoms with Crippen LogP contribution in [-0.4, -0.2) is 55.7 Å². The molecule has 1 aliphatic rings. The Bertz CT molecular complexity index is 943. The summed E-state index contributed by atoms with van der Waals surface area (Å²) < 4.78 is 43.1. The summed E-state index contributed by atoms with van der Waals surface area (Å²) in [5, 5.41) is 3.34. The second kappa shape index (κ2) is 9.47. The molecule has 10 heteroatoms. The van der Waals surface area contributed by atoms with Crippen LogP contribution in [0.1, 0.15) is 5.56 Å². The van der Waals surface area contributed by atoms with Crippen molar-refractivity contribution in [2.24, 2.45) is 0 Å². The normalized spacial score (nSPS) is 14.4. The topological polar surface area (TPSA) is 61.9 Å². The number of rotatable bonds is 5. The third kappa shape index (κ3) is 6.04. The van der Waals surface area contributed by atoms with Gasteiger partial charge < -0.3 is 19.9 Å². The van der Waals surface area contributed by atoms with E-state index in [1.54, 1.807) is 42.5 Å². The number of ether oxygens (including phenoxy) is 1. The number of aryl methyl sites for hydroxylation is 1. The van der Waals surface area contributed by atoms with Crippen LogP contribution in [0, 0.1) is 6.92 Å². The minimum atomic E-state index is -4.85. The number of benzene rings is 2. The van der Waals surface area contributed by atoms with Crippen LogP contribution >= 0.6 is 11.6 Å². The van der Waals surface area contributed by atoms with Crippen LogP contribution in [0.2, 0.25) is 5.02 Å². The highest BCUT2D eigenvalue weighted by atomic mass is 35.5. The lowest BCUT2D eigenvalue weighted by molar-refractivity contribution is -0.185. The predicted octanol–water partition coefficient (Wildman–Crippen LogP) is 3.88. The molecule has 1 saturated heterocycles. The van der Waals surface area contributed by atoms with Gasteiger partial charge in [-0.1, -0.05) is 11.6 Å². The van der Waals surface area contributed by atoms with Crippen LogP contribution in [0.15, 0.2) is 42.5 Å². The van der Waals surface area contributed by atoms with Crippen molar-refractivity contribution in [2.45, 2.75) is 13.1 Å². The summed E-state index contributed by atoms with van der Waals surface area (Å²) in [6.45, 7) is 2.25. The molecule has 0 unspecified atom stereocenters. The Morgan fingerprint density at radius 3 is 2.29 bits per heavy atom. The first kappa shape index (κ1) is 22.7. The summed E-state index contributed by atoms with van der Waals surface area (Å²) in [6.07, 6.45) is -4.85. The second-order valence-electron chi connectivity index (χ2n) is 7.07.